The molecule has 21 heavy (non-hydrogen) atoms. The van der Waals surface area contributed by atoms with Gasteiger partial charge in [0.15, 0.2) is 0 Å². The van der Waals surface area contributed by atoms with E-state index in [2.05, 4.69) is 9.62 Å². The molecular formula is C15H24N2O3S. The minimum atomic E-state index is -3.40. The zero-order chi connectivity index (χ0) is 15.3. The number of nitrogens with zero attached hydrogens (tertiary/aromatic N) is 1. The average molecular weight is 312 g/mol. The molecule has 1 atom stereocenters. The first-order valence-corrected chi connectivity index (χ1v) is 9.04. The zero-order valence-electron chi connectivity index (χ0n) is 12.5. The third kappa shape index (κ3) is 3.96. The molecule has 0 radical (unpaired) electrons. The first kappa shape index (κ1) is 16.3. The van der Waals surface area contributed by atoms with Crippen LogP contribution in [0.5, 0.6) is 0 Å². The molecule has 1 heterocycles. The van der Waals surface area contributed by atoms with Crippen molar-refractivity contribution < 1.29 is 13.5 Å². The van der Waals surface area contributed by atoms with Crippen LogP contribution in [0.25, 0.3) is 0 Å². The molecule has 0 spiro atoms. The van der Waals surface area contributed by atoms with E-state index in [1.165, 1.54) is 6.42 Å². The van der Waals surface area contributed by atoms with E-state index < -0.39 is 10.0 Å². The van der Waals surface area contributed by atoms with Gasteiger partial charge in [-0.05, 0) is 37.1 Å². The van der Waals surface area contributed by atoms with Crippen LogP contribution in [0.3, 0.4) is 0 Å². The lowest BCUT2D eigenvalue weighted by Gasteiger charge is -2.31. The summed E-state index contributed by atoms with van der Waals surface area (Å²) < 4.78 is 26.3. The third-order valence-electron chi connectivity index (χ3n) is 3.90. The van der Waals surface area contributed by atoms with E-state index in [0.29, 0.717) is 6.54 Å². The summed E-state index contributed by atoms with van der Waals surface area (Å²) in [5.74, 6) is 0. The molecule has 1 fully saturated rings. The van der Waals surface area contributed by atoms with Crippen LogP contribution in [0.4, 0.5) is 5.69 Å². The van der Waals surface area contributed by atoms with Crippen molar-refractivity contribution in [3.8, 4) is 0 Å². The first-order chi connectivity index (χ1) is 10.1. The van der Waals surface area contributed by atoms with Gasteiger partial charge in [-0.3, -0.25) is 0 Å². The molecule has 1 aromatic rings. The van der Waals surface area contributed by atoms with Gasteiger partial charge in [-0.1, -0.05) is 19.8 Å². The second-order valence-electron chi connectivity index (χ2n) is 5.37. The van der Waals surface area contributed by atoms with Crippen molar-refractivity contribution in [1.82, 2.24) is 4.72 Å². The lowest BCUT2D eigenvalue weighted by Crippen LogP contribution is -2.37. The maximum absolute atomic E-state index is 11.9. The molecule has 0 bridgehead atoms. The molecular weight excluding hydrogens is 288 g/mol. The van der Waals surface area contributed by atoms with Gasteiger partial charge in [0.25, 0.3) is 0 Å². The molecule has 1 saturated heterocycles. The van der Waals surface area contributed by atoms with Gasteiger partial charge in [-0.15, -0.1) is 0 Å². The highest BCUT2D eigenvalue weighted by Crippen LogP contribution is 2.25. The second kappa shape index (κ2) is 7.24. The van der Waals surface area contributed by atoms with Gasteiger partial charge in [0, 0.05) is 18.8 Å². The monoisotopic (exact) mass is 312 g/mol. The summed E-state index contributed by atoms with van der Waals surface area (Å²) in [5, 5.41) is 9.55. The molecule has 5 nitrogen and oxygen atoms in total. The maximum atomic E-state index is 11.9. The number of benzene rings is 1. The molecule has 1 aliphatic heterocycles. The number of sulfonamides is 1. The normalized spacial score (nSPS) is 20.3. The Hall–Kier alpha value is -1.11. The Bertz CT molecular complexity index is 543. The fourth-order valence-corrected chi connectivity index (χ4v) is 3.84. The van der Waals surface area contributed by atoms with Crippen molar-refractivity contribution in [2.75, 3.05) is 24.6 Å². The van der Waals surface area contributed by atoms with E-state index in [1.807, 2.05) is 12.1 Å². The Labute approximate surface area is 127 Å². The number of aliphatic hydroxyl groups is 1. The molecule has 0 amide bonds. The smallest absolute Gasteiger partial charge is 0.240 e. The topological polar surface area (TPSA) is 69.6 Å². The molecule has 0 aliphatic carbocycles. The lowest BCUT2D eigenvalue weighted by atomic mass is 10.1. The molecule has 0 aromatic heterocycles. The predicted octanol–water partition coefficient (Wildman–Crippen LogP) is 1.73. The van der Waals surface area contributed by atoms with Crippen molar-refractivity contribution in [2.24, 2.45) is 0 Å². The standard InChI is InChI=1S/C15H24N2O3S/c1-2-16-21(19,20)15-9-7-13(8-10-15)17-11-5-3-4-6-14(17)12-18/h7-10,14,16,18H,2-6,11-12H2,1H3. The summed E-state index contributed by atoms with van der Waals surface area (Å²) >= 11 is 0. The van der Waals surface area contributed by atoms with E-state index in [9.17, 15) is 13.5 Å². The Morgan fingerprint density at radius 1 is 1.24 bits per heavy atom. The number of aliphatic hydroxyl groups excluding tert-OH is 1. The zero-order valence-corrected chi connectivity index (χ0v) is 13.3. The highest BCUT2D eigenvalue weighted by atomic mass is 32.2. The number of anilines is 1. The van der Waals surface area contributed by atoms with Crippen LogP contribution in [0.2, 0.25) is 0 Å². The minimum absolute atomic E-state index is 0.128. The van der Waals surface area contributed by atoms with Crippen molar-refractivity contribution in [3.05, 3.63) is 24.3 Å². The van der Waals surface area contributed by atoms with E-state index in [1.54, 1.807) is 19.1 Å². The van der Waals surface area contributed by atoms with E-state index in [0.717, 1.165) is 31.5 Å². The van der Waals surface area contributed by atoms with Crippen LogP contribution < -0.4 is 9.62 Å². The van der Waals surface area contributed by atoms with Gasteiger partial charge in [0.2, 0.25) is 10.0 Å². The molecule has 1 unspecified atom stereocenters. The highest BCUT2D eigenvalue weighted by molar-refractivity contribution is 7.89. The van der Waals surface area contributed by atoms with Gasteiger partial charge in [-0.2, -0.15) is 0 Å². The van der Waals surface area contributed by atoms with Crippen LogP contribution >= 0.6 is 0 Å². The summed E-state index contributed by atoms with van der Waals surface area (Å²) in [4.78, 5) is 2.47. The lowest BCUT2D eigenvalue weighted by molar-refractivity contribution is 0.255. The Morgan fingerprint density at radius 2 is 1.95 bits per heavy atom. The summed E-state index contributed by atoms with van der Waals surface area (Å²) in [6.45, 7) is 3.18. The van der Waals surface area contributed by atoms with Crippen LogP contribution in [0, 0.1) is 0 Å². The second-order valence-corrected chi connectivity index (χ2v) is 7.14. The summed E-state index contributed by atoms with van der Waals surface area (Å²) in [7, 11) is -3.40. The largest absolute Gasteiger partial charge is 0.394 e. The van der Waals surface area contributed by atoms with Crippen LogP contribution in [0.15, 0.2) is 29.2 Å². The number of hydrogen-bond donors (Lipinski definition) is 2. The molecule has 0 saturated carbocycles. The molecule has 2 rings (SSSR count). The van der Waals surface area contributed by atoms with Crippen LogP contribution in [-0.4, -0.2) is 39.3 Å². The van der Waals surface area contributed by atoms with E-state index in [-0.39, 0.29) is 17.5 Å². The fourth-order valence-electron chi connectivity index (χ4n) is 2.80. The van der Waals surface area contributed by atoms with Gasteiger partial charge < -0.3 is 10.0 Å². The van der Waals surface area contributed by atoms with E-state index in [4.69, 9.17) is 0 Å². The SMILES string of the molecule is CCNS(=O)(=O)c1ccc(N2CCCCCC2CO)cc1. The molecule has 118 valence electrons. The first-order valence-electron chi connectivity index (χ1n) is 7.55. The number of nitrogens with one attached hydrogen (secondary N) is 1. The summed E-state index contributed by atoms with van der Waals surface area (Å²) in [6, 6.07) is 7.05. The highest BCUT2D eigenvalue weighted by Gasteiger charge is 2.21. The summed E-state index contributed by atoms with van der Waals surface area (Å²) in [6.07, 6.45) is 4.40. The van der Waals surface area contributed by atoms with E-state index >= 15 is 0 Å². The maximum Gasteiger partial charge on any atom is 0.240 e. The van der Waals surface area contributed by atoms with Gasteiger partial charge in [-0.25, -0.2) is 13.1 Å². The van der Waals surface area contributed by atoms with Crippen molar-refractivity contribution in [1.29, 1.82) is 0 Å². The Kier molecular flexibility index (Phi) is 5.61. The third-order valence-corrected chi connectivity index (χ3v) is 5.46. The van der Waals surface area contributed by atoms with Gasteiger partial charge in [0.05, 0.1) is 17.5 Å². The van der Waals surface area contributed by atoms with Crippen molar-refractivity contribution in [2.45, 2.75) is 43.5 Å². The van der Waals surface area contributed by atoms with Crippen molar-refractivity contribution in [3.63, 3.8) is 0 Å². The number of hydrogen-bond acceptors (Lipinski definition) is 4. The molecule has 1 aliphatic rings. The van der Waals surface area contributed by atoms with Crippen molar-refractivity contribution >= 4 is 15.7 Å². The summed E-state index contributed by atoms with van der Waals surface area (Å²) in [5.41, 5.74) is 0.978. The molecule has 1 aromatic carbocycles. The number of rotatable bonds is 5. The average Bonchev–Trinajstić information content (AvgIpc) is 2.72. The van der Waals surface area contributed by atoms with Crippen LogP contribution in [-0.2, 0) is 10.0 Å². The van der Waals surface area contributed by atoms with Gasteiger partial charge >= 0.3 is 0 Å². The van der Waals surface area contributed by atoms with Crippen LogP contribution in [0.1, 0.15) is 32.6 Å². The Balaban J connectivity index is 2.21. The molecule has 2 N–H and O–H groups in total. The van der Waals surface area contributed by atoms with Gasteiger partial charge in [0.1, 0.15) is 0 Å². The predicted molar refractivity (Wildman–Crippen MR) is 84.0 cm³/mol. The molecule has 6 heteroatoms. The Morgan fingerprint density at radius 3 is 2.57 bits per heavy atom. The quantitative estimate of drug-likeness (QED) is 0.869. The minimum Gasteiger partial charge on any atom is -0.394 e. The fraction of sp³-hybridized carbons (Fsp3) is 0.600.